The monoisotopic (exact) mass is 342 g/mol. The summed E-state index contributed by atoms with van der Waals surface area (Å²) in [7, 11) is -1.94. The summed E-state index contributed by atoms with van der Waals surface area (Å²) in [6.07, 6.45) is 4.76. The number of aryl methyl sites for hydroxylation is 1. The summed E-state index contributed by atoms with van der Waals surface area (Å²) in [5.74, 6) is 0.774. The second-order valence-electron chi connectivity index (χ2n) is 7.27. The molecule has 1 amide bonds. The molecule has 1 aromatic rings. The first-order chi connectivity index (χ1) is 10.5. The molecule has 130 valence electrons. The molecule has 23 heavy (non-hydrogen) atoms. The van der Waals surface area contributed by atoms with Gasteiger partial charge in [0.05, 0.1) is 18.5 Å². The maximum Gasteiger partial charge on any atom is 0.235 e. The Labute approximate surface area is 138 Å². The molecule has 0 bridgehead atoms. The van der Waals surface area contributed by atoms with Crippen molar-refractivity contribution in [2.24, 2.45) is 0 Å². The largest absolute Gasteiger partial charge is 0.350 e. The Balaban J connectivity index is 1.97. The van der Waals surface area contributed by atoms with E-state index in [-0.39, 0.29) is 23.9 Å². The highest BCUT2D eigenvalue weighted by Crippen LogP contribution is 2.24. The third-order valence-corrected chi connectivity index (χ3v) is 5.32. The molecule has 1 aromatic heterocycles. The Kier molecular flexibility index (Phi) is 4.86. The van der Waals surface area contributed by atoms with E-state index in [4.69, 9.17) is 0 Å². The first kappa shape index (κ1) is 17.9. The Morgan fingerprint density at radius 1 is 1.48 bits per heavy atom. The van der Waals surface area contributed by atoms with Gasteiger partial charge in [0.2, 0.25) is 15.9 Å². The molecule has 1 atom stereocenters. The molecule has 0 spiro atoms. The normalized spacial score (nSPS) is 18.8. The lowest BCUT2D eigenvalue weighted by molar-refractivity contribution is -0.122. The van der Waals surface area contributed by atoms with Crippen LogP contribution < -0.4 is 5.32 Å². The second kappa shape index (κ2) is 6.24. The van der Waals surface area contributed by atoms with Crippen LogP contribution in [0.4, 0.5) is 0 Å². The minimum absolute atomic E-state index is 0.00127. The number of likely N-dealkylation sites (N-methyl/N-ethyl adjacent to an activating group) is 1. The average molecular weight is 342 g/mol. The predicted molar refractivity (Wildman–Crippen MR) is 88.7 cm³/mol. The van der Waals surface area contributed by atoms with E-state index in [0.717, 1.165) is 34.9 Å². The summed E-state index contributed by atoms with van der Waals surface area (Å²) in [4.78, 5) is 16.7. The van der Waals surface area contributed by atoms with Gasteiger partial charge < -0.3 is 9.88 Å². The van der Waals surface area contributed by atoms with E-state index in [0.29, 0.717) is 6.54 Å². The highest BCUT2D eigenvalue weighted by Gasteiger charge is 2.26. The Hall–Kier alpha value is -1.41. The number of imidazole rings is 1. The van der Waals surface area contributed by atoms with Gasteiger partial charge in [0, 0.05) is 37.7 Å². The number of aromatic nitrogens is 2. The fourth-order valence-electron chi connectivity index (χ4n) is 2.52. The van der Waals surface area contributed by atoms with E-state index in [9.17, 15) is 13.2 Å². The molecular formula is C15H26N4O3S. The molecular weight excluding hydrogens is 316 g/mol. The number of hydrogen-bond acceptors (Lipinski definition) is 4. The molecule has 2 rings (SSSR count). The lowest BCUT2D eigenvalue weighted by Crippen LogP contribution is -2.45. The van der Waals surface area contributed by atoms with E-state index < -0.39 is 10.0 Å². The number of nitrogens with zero attached hydrogens (tertiary/aromatic N) is 3. The minimum atomic E-state index is -3.34. The van der Waals surface area contributed by atoms with Crippen molar-refractivity contribution in [3.8, 4) is 0 Å². The number of carbonyl (C=O) groups is 1. The SMILES string of the molecule is CN(CC(=O)NC1CCc2nc(C(C)(C)C)cn2C1)S(C)(=O)=O. The highest BCUT2D eigenvalue weighted by atomic mass is 32.2. The Morgan fingerprint density at radius 3 is 2.70 bits per heavy atom. The molecule has 1 unspecified atom stereocenters. The first-order valence-electron chi connectivity index (χ1n) is 7.74. The predicted octanol–water partition coefficient (Wildman–Crippen LogP) is 0.503. The summed E-state index contributed by atoms with van der Waals surface area (Å²) < 4.78 is 25.8. The number of sulfonamides is 1. The Morgan fingerprint density at radius 2 is 2.13 bits per heavy atom. The molecule has 8 heteroatoms. The van der Waals surface area contributed by atoms with Gasteiger partial charge in [0.25, 0.3) is 0 Å². The van der Waals surface area contributed by atoms with E-state index in [1.54, 1.807) is 0 Å². The third kappa shape index (κ3) is 4.54. The smallest absolute Gasteiger partial charge is 0.235 e. The number of carbonyl (C=O) groups excluding carboxylic acids is 1. The molecule has 0 radical (unpaired) electrons. The van der Waals surface area contributed by atoms with Gasteiger partial charge in [-0.2, -0.15) is 4.31 Å². The molecule has 1 aliphatic rings. The number of nitrogens with one attached hydrogen (secondary N) is 1. The zero-order valence-electron chi connectivity index (χ0n) is 14.5. The van der Waals surface area contributed by atoms with Gasteiger partial charge in [-0.05, 0) is 6.42 Å². The van der Waals surface area contributed by atoms with Crippen molar-refractivity contribution < 1.29 is 13.2 Å². The maximum atomic E-state index is 12.0. The maximum absolute atomic E-state index is 12.0. The summed E-state index contributed by atoms with van der Waals surface area (Å²) in [6, 6.07) is 0.00461. The van der Waals surface area contributed by atoms with E-state index >= 15 is 0 Å². The van der Waals surface area contributed by atoms with Crippen LogP contribution in [-0.4, -0.2) is 54.1 Å². The van der Waals surface area contributed by atoms with Gasteiger partial charge >= 0.3 is 0 Å². The van der Waals surface area contributed by atoms with Crippen LogP contribution in [0, 0.1) is 0 Å². The summed E-state index contributed by atoms with van der Waals surface area (Å²) >= 11 is 0. The van der Waals surface area contributed by atoms with Crippen molar-refractivity contribution in [1.82, 2.24) is 19.2 Å². The first-order valence-corrected chi connectivity index (χ1v) is 9.59. The van der Waals surface area contributed by atoms with Gasteiger partial charge in [-0.25, -0.2) is 13.4 Å². The van der Waals surface area contributed by atoms with Crippen LogP contribution in [0.2, 0.25) is 0 Å². The van der Waals surface area contributed by atoms with Gasteiger partial charge in [-0.1, -0.05) is 20.8 Å². The number of fused-ring (bicyclic) bond motifs is 1. The van der Waals surface area contributed by atoms with E-state index in [1.165, 1.54) is 7.05 Å². The van der Waals surface area contributed by atoms with E-state index in [1.807, 2.05) is 0 Å². The van der Waals surface area contributed by atoms with Crippen molar-refractivity contribution in [2.45, 2.75) is 51.6 Å². The minimum Gasteiger partial charge on any atom is -0.350 e. The van der Waals surface area contributed by atoms with Crippen molar-refractivity contribution in [1.29, 1.82) is 0 Å². The third-order valence-electron chi connectivity index (χ3n) is 4.06. The molecule has 7 nitrogen and oxygen atoms in total. The Bertz CT molecular complexity index is 688. The quantitative estimate of drug-likeness (QED) is 0.864. The van der Waals surface area contributed by atoms with Crippen molar-refractivity contribution in [3.63, 3.8) is 0 Å². The fourth-order valence-corrected chi connectivity index (χ4v) is 2.87. The molecule has 0 saturated heterocycles. The zero-order chi connectivity index (χ0) is 17.4. The molecule has 0 saturated carbocycles. The molecule has 0 aliphatic carbocycles. The van der Waals surface area contributed by atoms with Crippen LogP contribution in [0.5, 0.6) is 0 Å². The lowest BCUT2D eigenvalue weighted by Gasteiger charge is -2.25. The summed E-state index contributed by atoms with van der Waals surface area (Å²) in [5.41, 5.74) is 1.05. The van der Waals surface area contributed by atoms with Crippen LogP contribution >= 0.6 is 0 Å². The van der Waals surface area contributed by atoms with Gasteiger partial charge in [-0.15, -0.1) is 0 Å². The standard InChI is InChI=1S/C15H26N4O3S/c1-15(2,3)12-9-19-8-11(6-7-13(19)17-12)16-14(20)10-18(4)23(5,21)22/h9,11H,6-8,10H2,1-5H3,(H,16,20). The van der Waals surface area contributed by atoms with Gasteiger partial charge in [0.15, 0.2) is 0 Å². The highest BCUT2D eigenvalue weighted by molar-refractivity contribution is 7.88. The van der Waals surface area contributed by atoms with Crippen molar-refractivity contribution in [2.75, 3.05) is 19.8 Å². The lowest BCUT2D eigenvalue weighted by atomic mass is 9.93. The fraction of sp³-hybridized carbons (Fsp3) is 0.733. The van der Waals surface area contributed by atoms with Gasteiger partial charge in [-0.3, -0.25) is 4.79 Å². The van der Waals surface area contributed by atoms with Crippen molar-refractivity contribution >= 4 is 15.9 Å². The molecule has 0 aromatic carbocycles. The molecule has 0 fully saturated rings. The zero-order valence-corrected chi connectivity index (χ0v) is 15.3. The number of hydrogen-bond donors (Lipinski definition) is 1. The average Bonchev–Trinajstić information content (AvgIpc) is 2.80. The van der Waals surface area contributed by atoms with Gasteiger partial charge in [0.1, 0.15) is 5.82 Å². The van der Waals surface area contributed by atoms with Crippen LogP contribution in [-0.2, 0) is 33.2 Å². The second-order valence-corrected chi connectivity index (χ2v) is 9.36. The number of amides is 1. The van der Waals surface area contributed by atoms with Crippen molar-refractivity contribution in [3.05, 3.63) is 17.7 Å². The summed E-state index contributed by atoms with van der Waals surface area (Å²) in [5, 5.41) is 2.92. The molecule has 2 heterocycles. The number of rotatable bonds is 4. The van der Waals surface area contributed by atoms with Crippen LogP contribution in [0.3, 0.4) is 0 Å². The van der Waals surface area contributed by atoms with Crippen LogP contribution in [0.1, 0.15) is 38.7 Å². The van der Waals surface area contributed by atoms with E-state index in [2.05, 4.69) is 41.8 Å². The van der Waals surface area contributed by atoms with Crippen LogP contribution in [0.15, 0.2) is 6.20 Å². The molecule has 1 aliphatic heterocycles. The van der Waals surface area contributed by atoms with Crippen LogP contribution in [0.25, 0.3) is 0 Å². The topological polar surface area (TPSA) is 84.3 Å². The summed E-state index contributed by atoms with van der Waals surface area (Å²) in [6.45, 7) is 6.90. The molecule has 1 N–H and O–H groups in total.